The van der Waals surface area contributed by atoms with Crippen molar-refractivity contribution in [1.82, 2.24) is 0 Å². The molecule has 0 aromatic heterocycles. The van der Waals surface area contributed by atoms with Gasteiger partial charge in [-0.2, -0.15) is 0 Å². The van der Waals surface area contributed by atoms with E-state index in [1.165, 1.54) is 0 Å². The molecule has 3 heteroatoms. The monoisotopic (exact) mass is 348 g/mol. The Morgan fingerprint density at radius 3 is 2.35 bits per heavy atom. The first kappa shape index (κ1) is 23.2. The molecule has 2 atom stereocenters. The third-order valence-electron chi connectivity index (χ3n) is 2.88. The molecule has 3 N–H and O–H groups in total. The lowest BCUT2D eigenvalue weighted by Gasteiger charge is -2.01. The largest absolute Gasteiger partial charge is 0.393 e. The number of allylic oxidation sites excluding steroid dienone is 3. The van der Waals surface area contributed by atoms with E-state index < -0.39 is 12.2 Å². The lowest BCUT2D eigenvalue weighted by Crippen LogP contribution is -2.07. The van der Waals surface area contributed by atoms with Gasteiger partial charge in [-0.25, -0.2) is 0 Å². The Labute approximate surface area is 157 Å². The van der Waals surface area contributed by atoms with Crippen molar-refractivity contribution in [1.29, 1.82) is 0 Å². The van der Waals surface area contributed by atoms with Gasteiger partial charge in [-0.05, 0) is 67.6 Å². The second-order valence-electron chi connectivity index (χ2n) is 5.12. The summed E-state index contributed by atoms with van der Waals surface area (Å²) in [5.41, 5.74) is 0. The SMILES string of the molecule is C#C/C=C\CCCC(O)/C=C\C#CC#CCCCC#CC#CC(O)CO. The van der Waals surface area contributed by atoms with Crippen LogP contribution in [0.4, 0.5) is 0 Å². The summed E-state index contributed by atoms with van der Waals surface area (Å²) in [6, 6.07) is 0. The van der Waals surface area contributed by atoms with Gasteiger partial charge in [0.25, 0.3) is 0 Å². The van der Waals surface area contributed by atoms with Crippen LogP contribution in [0.1, 0.15) is 38.5 Å². The van der Waals surface area contributed by atoms with Crippen molar-refractivity contribution in [2.24, 2.45) is 0 Å². The van der Waals surface area contributed by atoms with E-state index >= 15 is 0 Å². The summed E-state index contributed by atoms with van der Waals surface area (Å²) in [6.45, 7) is -0.385. The molecule has 0 aliphatic rings. The molecule has 0 aromatic rings. The van der Waals surface area contributed by atoms with Crippen LogP contribution in [0.5, 0.6) is 0 Å². The van der Waals surface area contributed by atoms with Crippen LogP contribution < -0.4 is 0 Å². The molecule has 0 saturated heterocycles. The van der Waals surface area contributed by atoms with E-state index in [-0.39, 0.29) is 6.61 Å². The highest BCUT2D eigenvalue weighted by Crippen LogP contribution is 2.02. The molecule has 0 aliphatic heterocycles. The van der Waals surface area contributed by atoms with Crippen molar-refractivity contribution in [3.8, 4) is 59.7 Å². The van der Waals surface area contributed by atoms with Crippen LogP contribution in [0.2, 0.25) is 0 Å². The summed E-state index contributed by atoms with van der Waals surface area (Å²) < 4.78 is 0. The van der Waals surface area contributed by atoms with Crippen molar-refractivity contribution < 1.29 is 15.3 Å². The molecule has 0 saturated carbocycles. The van der Waals surface area contributed by atoms with Gasteiger partial charge in [0.15, 0.2) is 0 Å². The first-order chi connectivity index (χ1) is 12.7. The van der Waals surface area contributed by atoms with E-state index in [9.17, 15) is 5.11 Å². The quantitative estimate of drug-likeness (QED) is 0.463. The van der Waals surface area contributed by atoms with Crippen molar-refractivity contribution in [3.63, 3.8) is 0 Å². The molecule has 3 nitrogen and oxygen atoms in total. The summed E-state index contributed by atoms with van der Waals surface area (Å²) in [5.74, 6) is 23.9. The smallest absolute Gasteiger partial charge is 0.138 e. The van der Waals surface area contributed by atoms with E-state index in [0.29, 0.717) is 19.3 Å². The number of unbranched alkanes of at least 4 members (excludes halogenated alkanes) is 3. The average molecular weight is 348 g/mol. The van der Waals surface area contributed by atoms with Gasteiger partial charge >= 0.3 is 0 Å². The van der Waals surface area contributed by atoms with Crippen LogP contribution in [0, 0.1) is 59.7 Å². The maximum Gasteiger partial charge on any atom is 0.138 e. The highest BCUT2D eigenvalue weighted by Gasteiger charge is 1.96. The number of hydrogen-bond acceptors (Lipinski definition) is 3. The Morgan fingerprint density at radius 1 is 0.923 bits per heavy atom. The molecular formula is C23H24O3. The normalized spacial score (nSPS) is 11.6. The van der Waals surface area contributed by atoms with E-state index in [1.54, 1.807) is 18.2 Å². The third-order valence-corrected chi connectivity index (χ3v) is 2.88. The fourth-order valence-electron chi connectivity index (χ4n) is 1.57. The summed E-state index contributed by atoms with van der Waals surface area (Å²) in [5, 5.41) is 27.2. The molecule has 0 aromatic carbocycles. The predicted molar refractivity (Wildman–Crippen MR) is 105 cm³/mol. The number of aliphatic hydroxyl groups excluding tert-OH is 3. The fourth-order valence-corrected chi connectivity index (χ4v) is 1.57. The molecule has 0 fully saturated rings. The molecule has 0 rings (SSSR count). The topological polar surface area (TPSA) is 60.7 Å². The molecule has 134 valence electrons. The van der Waals surface area contributed by atoms with Crippen molar-refractivity contribution in [3.05, 3.63) is 24.3 Å². The van der Waals surface area contributed by atoms with E-state index in [0.717, 1.165) is 19.3 Å². The van der Waals surface area contributed by atoms with Crippen molar-refractivity contribution >= 4 is 0 Å². The maximum absolute atomic E-state index is 9.71. The van der Waals surface area contributed by atoms with E-state index in [1.807, 2.05) is 6.08 Å². The minimum absolute atomic E-state index is 0.385. The minimum atomic E-state index is -1.03. The Kier molecular flexibility index (Phi) is 16.5. The number of hydrogen-bond donors (Lipinski definition) is 3. The highest BCUT2D eigenvalue weighted by atomic mass is 16.3. The zero-order valence-corrected chi connectivity index (χ0v) is 14.8. The van der Waals surface area contributed by atoms with Gasteiger partial charge in [-0.15, -0.1) is 6.42 Å². The summed E-state index contributed by atoms with van der Waals surface area (Å²) in [4.78, 5) is 0. The van der Waals surface area contributed by atoms with Gasteiger partial charge in [-0.3, -0.25) is 0 Å². The van der Waals surface area contributed by atoms with Gasteiger partial charge in [0.2, 0.25) is 0 Å². The predicted octanol–water partition coefficient (Wildman–Crippen LogP) is 1.80. The van der Waals surface area contributed by atoms with Crippen LogP contribution in [0.25, 0.3) is 0 Å². The van der Waals surface area contributed by atoms with Gasteiger partial charge < -0.3 is 15.3 Å². The molecule has 0 bridgehead atoms. The summed E-state index contributed by atoms with van der Waals surface area (Å²) in [6.07, 6.45) is 15.0. The van der Waals surface area contributed by atoms with Gasteiger partial charge in [-0.1, -0.05) is 35.7 Å². The molecule has 0 radical (unpaired) electrons. The Morgan fingerprint density at radius 2 is 1.65 bits per heavy atom. The third kappa shape index (κ3) is 17.5. The van der Waals surface area contributed by atoms with Crippen molar-refractivity contribution in [2.45, 2.75) is 50.7 Å². The standard InChI is InChI=1S/C23H24O3/c1-2-3-4-12-15-18-22(25)19-16-13-10-8-6-5-7-9-11-14-17-20-23(26)21-24/h1,3-4,16,19,22-26H,5,7,9,12,15,18,21H2/b4-3-,19-16-. The van der Waals surface area contributed by atoms with Crippen LogP contribution in [-0.4, -0.2) is 34.1 Å². The molecule has 0 spiro atoms. The summed E-state index contributed by atoms with van der Waals surface area (Å²) in [7, 11) is 0. The van der Waals surface area contributed by atoms with Crippen LogP contribution in [0.3, 0.4) is 0 Å². The molecule has 0 heterocycles. The Bertz CT molecular complexity index is 722. The van der Waals surface area contributed by atoms with E-state index in [2.05, 4.69) is 53.3 Å². The van der Waals surface area contributed by atoms with Crippen LogP contribution in [-0.2, 0) is 0 Å². The number of rotatable bonds is 8. The van der Waals surface area contributed by atoms with Gasteiger partial charge in [0, 0.05) is 12.8 Å². The van der Waals surface area contributed by atoms with Crippen molar-refractivity contribution in [2.75, 3.05) is 6.61 Å². The molecule has 2 unspecified atom stereocenters. The second-order valence-corrected chi connectivity index (χ2v) is 5.12. The average Bonchev–Trinajstić information content (AvgIpc) is 2.65. The zero-order valence-electron chi connectivity index (χ0n) is 14.8. The molecule has 0 aliphatic carbocycles. The molecule has 0 amide bonds. The van der Waals surface area contributed by atoms with Crippen LogP contribution >= 0.6 is 0 Å². The van der Waals surface area contributed by atoms with Crippen LogP contribution in [0.15, 0.2) is 24.3 Å². The molecular weight excluding hydrogens is 324 g/mol. The molecule has 26 heavy (non-hydrogen) atoms. The highest BCUT2D eigenvalue weighted by molar-refractivity contribution is 5.31. The number of terminal acetylenes is 1. The lowest BCUT2D eigenvalue weighted by atomic mass is 10.1. The Hall–Kier alpha value is -2.84. The van der Waals surface area contributed by atoms with Gasteiger partial charge in [0.05, 0.1) is 12.7 Å². The fraction of sp³-hybridized carbons (Fsp3) is 0.391. The second kappa shape index (κ2) is 18.5. The Balaban J connectivity index is 3.85. The zero-order chi connectivity index (χ0) is 19.3. The number of aliphatic hydroxyl groups is 3. The minimum Gasteiger partial charge on any atom is -0.393 e. The van der Waals surface area contributed by atoms with Gasteiger partial charge in [0.1, 0.15) is 6.10 Å². The first-order valence-corrected chi connectivity index (χ1v) is 8.42. The maximum atomic E-state index is 9.71. The summed E-state index contributed by atoms with van der Waals surface area (Å²) >= 11 is 0. The lowest BCUT2D eigenvalue weighted by molar-refractivity contribution is 0.138. The van der Waals surface area contributed by atoms with E-state index in [4.69, 9.17) is 16.6 Å². The first-order valence-electron chi connectivity index (χ1n) is 8.42.